The van der Waals surface area contributed by atoms with Crippen LogP contribution in [0.5, 0.6) is 0 Å². The zero-order valence-electron chi connectivity index (χ0n) is 8.60. The predicted octanol–water partition coefficient (Wildman–Crippen LogP) is 4.70. The lowest BCUT2D eigenvalue weighted by atomic mass is 10.0. The predicted molar refractivity (Wildman–Crippen MR) is 64.2 cm³/mol. The van der Waals surface area contributed by atoms with Crippen molar-refractivity contribution in [1.82, 2.24) is 0 Å². The smallest absolute Gasteiger partial charge is 0.148 e. The molecule has 2 aromatic carbocycles. The second-order valence-corrected chi connectivity index (χ2v) is 4.44. The molecule has 0 radical (unpaired) electrons. The highest BCUT2D eigenvalue weighted by molar-refractivity contribution is 9.10. The summed E-state index contributed by atoms with van der Waals surface area (Å²) in [7, 11) is 0. The first-order valence-electron chi connectivity index (χ1n) is 4.80. The molecule has 0 unspecified atom stereocenters. The maximum Gasteiger partial charge on any atom is 0.148 e. The summed E-state index contributed by atoms with van der Waals surface area (Å²) in [4.78, 5) is 0. The summed E-state index contributed by atoms with van der Waals surface area (Å²) in [5.74, 6) is -1.12. The highest BCUT2D eigenvalue weighted by Crippen LogP contribution is 2.30. The fourth-order valence-electron chi connectivity index (χ4n) is 1.51. The van der Waals surface area contributed by atoms with Crippen LogP contribution in [0.1, 0.15) is 5.56 Å². The lowest BCUT2D eigenvalue weighted by Gasteiger charge is -2.06. The molecule has 0 fully saturated rings. The highest BCUT2D eigenvalue weighted by atomic mass is 79.9. The molecule has 0 aliphatic carbocycles. The van der Waals surface area contributed by atoms with Gasteiger partial charge in [-0.2, -0.15) is 0 Å². The van der Waals surface area contributed by atoms with Crippen molar-refractivity contribution >= 4 is 15.9 Å². The van der Waals surface area contributed by atoms with E-state index in [9.17, 15) is 8.78 Å². The monoisotopic (exact) mass is 282 g/mol. The third kappa shape index (κ3) is 2.00. The molecule has 2 aromatic rings. The van der Waals surface area contributed by atoms with E-state index in [4.69, 9.17) is 0 Å². The second-order valence-electron chi connectivity index (χ2n) is 3.58. The molecule has 0 spiro atoms. The van der Waals surface area contributed by atoms with Crippen LogP contribution in [0.3, 0.4) is 0 Å². The Morgan fingerprint density at radius 2 is 1.56 bits per heavy atom. The third-order valence-electron chi connectivity index (χ3n) is 2.38. The molecular weight excluding hydrogens is 274 g/mol. The zero-order chi connectivity index (χ0) is 11.7. The average Bonchev–Trinajstić information content (AvgIpc) is 2.27. The van der Waals surface area contributed by atoms with Crippen molar-refractivity contribution < 1.29 is 8.78 Å². The van der Waals surface area contributed by atoms with Gasteiger partial charge in [0.2, 0.25) is 0 Å². The summed E-state index contributed by atoms with van der Waals surface area (Å²) in [6.07, 6.45) is 0. The first-order chi connectivity index (χ1) is 7.59. The van der Waals surface area contributed by atoms with Crippen molar-refractivity contribution in [2.75, 3.05) is 0 Å². The molecule has 0 aliphatic heterocycles. The Balaban J connectivity index is 2.63. The molecule has 0 saturated heterocycles. The van der Waals surface area contributed by atoms with Gasteiger partial charge in [-0.15, -0.1) is 0 Å². The fraction of sp³-hybridized carbons (Fsp3) is 0.0769. The number of hydrogen-bond donors (Lipinski definition) is 0. The maximum absolute atomic E-state index is 13.8. The highest BCUT2D eigenvalue weighted by Gasteiger charge is 2.13. The van der Waals surface area contributed by atoms with Crippen molar-refractivity contribution in [3.8, 4) is 11.1 Å². The van der Waals surface area contributed by atoms with Gasteiger partial charge in [-0.05, 0) is 40.5 Å². The molecule has 0 atom stereocenters. The van der Waals surface area contributed by atoms with Crippen LogP contribution >= 0.6 is 15.9 Å². The molecule has 3 heteroatoms. The van der Waals surface area contributed by atoms with E-state index in [0.29, 0.717) is 5.56 Å². The maximum atomic E-state index is 13.8. The second kappa shape index (κ2) is 4.34. The van der Waals surface area contributed by atoms with Gasteiger partial charge in [0.1, 0.15) is 11.6 Å². The Morgan fingerprint density at radius 3 is 2.19 bits per heavy atom. The van der Waals surface area contributed by atoms with Crippen LogP contribution in [-0.4, -0.2) is 0 Å². The zero-order valence-corrected chi connectivity index (χ0v) is 10.2. The van der Waals surface area contributed by atoms with Gasteiger partial charge in [0.05, 0.1) is 10.0 Å². The summed E-state index contributed by atoms with van der Waals surface area (Å²) in [6, 6.07) is 9.70. The van der Waals surface area contributed by atoms with Crippen molar-refractivity contribution in [2.24, 2.45) is 0 Å². The van der Waals surface area contributed by atoms with Crippen molar-refractivity contribution in [1.29, 1.82) is 0 Å². The van der Waals surface area contributed by atoms with Gasteiger partial charge in [-0.1, -0.05) is 29.8 Å². The van der Waals surface area contributed by atoms with Gasteiger partial charge < -0.3 is 0 Å². The Morgan fingerprint density at radius 1 is 0.938 bits per heavy atom. The number of rotatable bonds is 1. The molecule has 0 aromatic heterocycles. The van der Waals surface area contributed by atoms with Gasteiger partial charge >= 0.3 is 0 Å². The quantitative estimate of drug-likeness (QED) is 0.665. The SMILES string of the molecule is Cc1ccc(-c2c(F)ccc(Br)c2F)cc1. The van der Waals surface area contributed by atoms with Crippen LogP contribution in [0.2, 0.25) is 0 Å². The normalized spacial score (nSPS) is 10.5. The molecule has 0 aliphatic rings. The topological polar surface area (TPSA) is 0 Å². The molecular formula is C13H9BrF2. The van der Waals surface area contributed by atoms with Gasteiger partial charge in [-0.3, -0.25) is 0 Å². The Hall–Kier alpha value is -1.22. The molecule has 16 heavy (non-hydrogen) atoms. The van der Waals surface area contributed by atoms with E-state index in [1.54, 1.807) is 12.1 Å². The van der Waals surface area contributed by atoms with E-state index >= 15 is 0 Å². The minimum atomic E-state index is -0.566. The summed E-state index contributed by atoms with van der Waals surface area (Å²) >= 11 is 3.05. The van der Waals surface area contributed by atoms with E-state index in [1.807, 2.05) is 19.1 Å². The summed E-state index contributed by atoms with van der Waals surface area (Å²) < 4.78 is 27.6. The molecule has 0 N–H and O–H groups in total. The Kier molecular flexibility index (Phi) is 3.06. The number of aryl methyl sites for hydroxylation is 1. The number of hydrogen-bond acceptors (Lipinski definition) is 0. The lowest BCUT2D eigenvalue weighted by Crippen LogP contribution is -1.91. The van der Waals surface area contributed by atoms with E-state index in [0.717, 1.165) is 5.56 Å². The van der Waals surface area contributed by atoms with Crippen molar-refractivity contribution in [3.05, 3.63) is 58.1 Å². The Bertz CT molecular complexity index is 518. The van der Waals surface area contributed by atoms with Crippen LogP contribution in [0, 0.1) is 18.6 Å². The first-order valence-corrected chi connectivity index (χ1v) is 5.59. The van der Waals surface area contributed by atoms with Crippen LogP contribution in [-0.2, 0) is 0 Å². The Labute approximate surface area is 101 Å². The first kappa shape index (κ1) is 11.3. The van der Waals surface area contributed by atoms with E-state index in [2.05, 4.69) is 15.9 Å². The summed E-state index contributed by atoms with van der Waals surface area (Å²) in [6.45, 7) is 1.93. The largest absolute Gasteiger partial charge is 0.206 e. The number of halogens is 3. The fourth-order valence-corrected chi connectivity index (χ4v) is 1.84. The lowest BCUT2D eigenvalue weighted by molar-refractivity contribution is 0.585. The molecule has 0 saturated carbocycles. The van der Waals surface area contributed by atoms with Crippen molar-refractivity contribution in [3.63, 3.8) is 0 Å². The standard InChI is InChI=1S/C13H9BrF2/c1-8-2-4-9(5-3-8)12-11(15)7-6-10(14)13(12)16/h2-7H,1H3. The van der Waals surface area contributed by atoms with Gasteiger partial charge in [0, 0.05) is 0 Å². The van der Waals surface area contributed by atoms with Crippen LogP contribution < -0.4 is 0 Å². The van der Waals surface area contributed by atoms with Gasteiger partial charge in [0.25, 0.3) is 0 Å². The van der Waals surface area contributed by atoms with Crippen LogP contribution in [0.4, 0.5) is 8.78 Å². The van der Waals surface area contributed by atoms with Gasteiger partial charge in [0.15, 0.2) is 0 Å². The van der Waals surface area contributed by atoms with Crippen LogP contribution in [0.25, 0.3) is 11.1 Å². The van der Waals surface area contributed by atoms with E-state index < -0.39 is 11.6 Å². The van der Waals surface area contributed by atoms with E-state index in [-0.39, 0.29) is 10.0 Å². The summed E-state index contributed by atoms with van der Waals surface area (Å²) in [5, 5.41) is 0. The third-order valence-corrected chi connectivity index (χ3v) is 3.00. The molecule has 0 bridgehead atoms. The molecule has 0 heterocycles. The molecule has 2 rings (SSSR count). The summed E-state index contributed by atoms with van der Waals surface area (Å²) in [5.41, 5.74) is 1.61. The number of benzene rings is 2. The minimum Gasteiger partial charge on any atom is -0.206 e. The molecule has 0 amide bonds. The molecule has 82 valence electrons. The van der Waals surface area contributed by atoms with Crippen LogP contribution in [0.15, 0.2) is 40.9 Å². The van der Waals surface area contributed by atoms with Gasteiger partial charge in [-0.25, -0.2) is 8.78 Å². The minimum absolute atomic E-state index is 0.00868. The molecule has 0 nitrogen and oxygen atoms in total. The average molecular weight is 283 g/mol. The van der Waals surface area contributed by atoms with E-state index in [1.165, 1.54) is 12.1 Å². The van der Waals surface area contributed by atoms with Crippen molar-refractivity contribution in [2.45, 2.75) is 6.92 Å².